The Balaban J connectivity index is 2.44. The van der Waals surface area contributed by atoms with Crippen LogP contribution in [0.2, 0.25) is 0 Å². The fraction of sp³-hybridized carbons (Fsp3) is 0.333. The van der Waals surface area contributed by atoms with Gasteiger partial charge in [-0.3, -0.25) is 4.98 Å². The van der Waals surface area contributed by atoms with Crippen LogP contribution in [0.1, 0.15) is 30.0 Å². The van der Waals surface area contributed by atoms with Gasteiger partial charge >= 0.3 is 0 Å². The molecule has 2 heteroatoms. The van der Waals surface area contributed by atoms with Gasteiger partial charge in [0.2, 0.25) is 0 Å². The van der Waals surface area contributed by atoms with Gasteiger partial charge in [-0.1, -0.05) is 0 Å². The number of pyridine rings is 1. The average Bonchev–Trinajstić information content (AvgIpc) is 2.87. The molecule has 0 saturated heterocycles. The van der Waals surface area contributed by atoms with Crippen LogP contribution in [0.3, 0.4) is 0 Å². The van der Waals surface area contributed by atoms with Crippen LogP contribution in [0.4, 0.5) is 0 Å². The highest BCUT2D eigenvalue weighted by Gasteiger charge is 2.26. The lowest BCUT2D eigenvalue weighted by molar-refractivity contribution is 1.01. The van der Waals surface area contributed by atoms with Crippen LogP contribution in [-0.2, 0) is 0 Å². The molecule has 0 spiro atoms. The average molecular weight is 144 g/mol. The molecule has 54 valence electrons. The summed E-state index contributed by atoms with van der Waals surface area (Å²) in [6.45, 7) is 0. The van der Waals surface area contributed by atoms with E-state index in [-0.39, 0.29) is 0 Å². The molecule has 2 rings (SSSR count). The summed E-state index contributed by atoms with van der Waals surface area (Å²) in [5.74, 6) is 0.575. The monoisotopic (exact) mass is 144 g/mol. The van der Waals surface area contributed by atoms with Gasteiger partial charge in [-0.15, -0.1) is 0 Å². The lowest BCUT2D eigenvalue weighted by Gasteiger charge is -1.96. The van der Waals surface area contributed by atoms with E-state index in [1.807, 2.05) is 12.1 Å². The normalized spacial score (nSPS) is 15.9. The molecule has 1 fully saturated rings. The van der Waals surface area contributed by atoms with E-state index < -0.39 is 0 Å². The zero-order valence-electron chi connectivity index (χ0n) is 6.12. The molecule has 0 radical (unpaired) electrons. The Labute approximate surface area is 65.5 Å². The van der Waals surface area contributed by atoms with Gasteiger partial charge < -0.3 is 0 Å². The Morgan fingerprint density at radius 1 is 1.55 bits per heavy atom. The molecule has 0 unspecified atom stereocenters. The third-order valence-electron chi connectivity index (χ3n) is 1.92. The van der Waals surface area contributed by atoms with Gasteiger partial charge in [0, 0.05) is 12.1 Å². The Morgan fingerprint density at radius 2 is 2.36 bits per heavy atom. The van der Waals surface area contributed by atoms with E-state index in [0.29, 0.717) is 5.92 Å². The summed E-state index contributed by atoms with van der Waals surface area (Å²) in [4.78, 5) is 4.19. The second-order valence-electron chi connectivity index (χ2n) is 2.82. The molecule has 11 heavy (non-hydrogen) atoms. The number of aromatic nitrogens is 1. The van der Waals surface area contributed by atoms with Crippen molar-refractivity contribution in [2.24, 2.45) is 0 Å². The van der Waals surface area contributed by atoms with E-state index in [9.17, 15) is 0 Å². The van der Waals surface area contributed by atoms with Crippen LogP contribution in [0.5, 0.6) is 0 Å². The first-order valence-electron chi connectivity index (χ1n) is 3.77. The Bertz CT molecular complexity index is 308. The first-order chi connectivity index (χ1) is 5.42. The summed E-state index contributed by atoms with van der Waals surface area (Å²) in [6, 6.07) is 5.80. The molecule has 1 aliphatic rings. The van der Waals surface area contributed by atoms with Crippen molar-refractivity contribution < 1.29 is 0 Å². The van der Waals surface area contributed by atoms with Gasteiger partial charge in [-0.05, 0) is 25.0 Å². The van der Waals surface area contributed by atoms with Gasteiger partial charge in [0.05, 0.1) is 11.3 Å². The zero-order valence-corrected chi connectivity index (χ0v) is 6.12. The fourth-order valence-electron chi connectivity index (χ4n) is 1.19. The van der Waals surface area contributed by atoms with Crippen molar-refractivity contribution in [1.29, 1.82) is 5.26 Å². The third-order valence-corrected chi connectivity index (χ3v) is 1.92. The maximum absolute atomic E-state index is 8.71. The summed E-state index contributed by atoms with van der Waals surface area (Å²) < 4.78 is 0. The molecule has 0 bridgehead atoms. The Kier molecular flexibility index (Phi) is 1.36. The van der Waals surface area contributed by atoms with Crippen LogP contribution >= 0.6 is 0 Å². The van der Waals surface area contributed by atoms with Crippen LogP contribution < -0.4 is 0 Å². The lowest BCUT2D eigenvalue weighted by Crippen LogP contribution is -1.89. The second-order valence-corrected chi connectivity index (χ2v) is 2.82. The van der Waals surface area contributed by atoms with Crippen molar-refractivity contribution in [3.05, 3.63) is 29.6 Å². The number of hydrogen-bond acceptors (Lipinski definition) is 2. The molecule has 1 aromatic rings. The summed E-state index contributed by atoms with van der Waals surface area (Å²) in [6.07, 6.45) is 4.16. The van der Waals surface area contributed by atoms with Gasteiger partial charge in [0.25, 0.3) is 0 Å². The predicted octanol–water partition coefficient (Wildman–Crippen LogP) is 1.83. The molecule has 1 aliphatic carbocycles. The molecule has 0 atom stereocenters. The van der Waals surface area contributed by atoms with E-state index in [4.69, 9.17) is 5.26 Å². The maximum atomic E-state index is 8.71. The minimum Gasteiger partial charge on any atom is -0.260 e. The number of rotatable bonds is 1. The standard InChI is InChI=1S/C9H8N2/c10-6-8-2-1-5-11-9(8)7-3-4-7/h1-2,5,7H,3-4H2. The maximum Gasteiger partial charge on any atom is 0.101 e. The second kappa shape index (κ2) is 2.35. The quantitative estimate of drug-likeness (QED) is 0.603. The van der Waals surface area contributed by atoms with Gasteiger partial charge in [-0.2, -0.15) is 5.26 Å². The summed E-state index contributed by atoms with van der Waals surface area (Å²) in [5.41, 5.74) is 1.74. The fourth-order valence-corrected chi connectivity index (χ4v) is 1.19. The van der Waals surface area contributed by atoms with Crippen molar-refractivity contribution in [3.8, 4) is 6.07 Å². The molecular weight excluding hydrogens is 136 g/mol. The van der Waals surface area contributed by atoms with E-state index in [0.717, 1.165) is 11.3 Å². The molecule has 0 aliphatic heterocycles. The van der Waals surface area contributed by atoms with Crippen molar-refractivity contribution in [3.63, 3.8) is 0 Å². The molecule has 1 aromatic heterocycles. The molecule has 1 heterocycles. The highest BCUT2D eigenvalue weighted by atomic mass is 14.7. The van der Waals surface area contributed by atoms with Crippen molar-refractivity contribution >= 4 is 0 Å². The van der Waals surface area contributed by atoms with Crippen LogP contribution in [-0.4, -0.2) is 4.98 Å². The summed E-state index contributed by atoms with van der Waals surface area (Å²) in [7, 11) is 0. The first kappa shape index (κ1) is 6.36. The SMILES string of the molecule is N#Cc1cccnc1C1CC1. The van der Waals surface area contributed by atoms with Crippen LogP contribution in [0, 0.1) is 11.3 Å². The molecule has 0 aromatic carbocycles. The minimum atomic E-state index is 0.575. The van der Waals surface area contributed by atoms with E-state index >= 15 is 0 Å². The molecule has 2 nitrogen and oxygen atoms in total. The van der Waals surface area contributed by atoms with Crippen LogP contribution in [0.25, 0.3) is 0 Å². The third kappa shape index (κ3) is 1.10. The predicted molar refractivity (Wildman–Crippen MR) is 40.9 cm³/mol. The zero-order chi connectivity index (χ0) is 7.68. The van der Waals surface area contributed by atoms with Crippen molar-refractivity contribution in [2.75, 3.05) is 0 Å². The number of nitrogens with zero attached hydrogens (tertiary/aromatic N) is 2. The van der Waals surface area contributed by atoms with E-state index in [1.165, 1.54) is 12.8 Å². The lowest BCUT2D eigenvalue weighted by atomic mass is 10.1. The van der Waals surface area contributed by atoms with Gasteiger partial charge in [-0.25, -0.2) is 0 Å². The first-order valence-corrected chi connectivity index (χ1v) is 3.77. The van der Waals surface area contributed by atoms with E-state index in [2.05, 4.69) is 11.1 Å². The summed E-state index contributed by atoms with van der Waals surface area (Å²) in [5, 5.41) is 8.71. The van der Waals surface area contributed by atoms with Gasteiger partial charge in [0.1, 0.15) is 6.07 Å². The topological polar surface area (TPSA) is 36.7 Å². The highest BCUT2D eigenvalue weighted by molar-refractivity contribution is 5.36. The van der Waals surface area contributed by atoms with E-state index in [1.54, 1.807) is 6.20 Å². The largest absolute Gasteiger partial charge is 0.260 e. The molecular formula is C9H8N2. The van der Waals surface area contributed by atoms with Crippen molar-refractivity contribution in [2.45, 2.75) is 18.8 Å². The number of hydrogen-bond donors (Lipinski definition) is 0. The van der Waals surface area contributed by atoms with Crippen LogP contribution in [0.15, 0.2) is 18.3 Å². The van der Waals surface area contributed by atoms with Crippen molar-refractivity contribution in [1.82, 2.24) is 4.98 Å². The molecule has 0 amide bonds. The Morgan fingerprint density at radius 3 is 3.00 bits per heavy atom. The minimum absolute atomic E-state index is 0.575. The molecule has 0 N–H and O–H groups in total. The Hall–Kier alpha value is -1.36. The highest BCUT2D eigenvalue weighted by Crippen LogP contribution is 2.40. The smallest absolute Gasteiger partial charge is 0.101 e. The molecule has 1 saturated carbocycles. The van der Waals surface area contributed by atoms with Gasteiger partial charge in [0.15, 0.2) is 0 Å². The number of nitriles is 1. The summed E-state index contributed by atoms with van der Waals surface area (Å²) >= 11 is 0.